The summed E-state index contributed by atoms with van der Waals surface area (Å²) in [6.07, 6.45) is 13.4. The maximum Gasteiger partial charge on any atom is -0.00359 e. The Labute approximate surface area is 97.7 Å². The van der Waals surface area contributed by atoms with Crippen LogP contribution in [-0.4, -0.2) is 0 Å². The second-order valence-corrected chi connectivity index (χ2v) is 4.96. The summed E-state index contributed by atoms with van der Waals surface area (Å²) in [5.41, 5.74) is 1.52. The van der Waals surface area contributed by atoms with Gasteiger partial charge in [-0.05, 0) is 36.2 Å². The molecule has 1 unspecified atom stereocenters. The second kappa shape index (κ2) is 4.29. The summed E-state index contributed by atoms with van der Waals surface area (Å²) in [5, 5.41) is 0. The third kappa shape index (κ3) is 1.73. The van der Waals surface area contributed by atoms with Gasteiger partial charge in [0.05, 0.1) is 0 Å². The van der Waals surface area contributed by atoms with E-state index in [4.69, 9.17) is 0 Å². The Morgan fingerprint density at radius 2 is 1.44 bits per heavy atom. The quantitative estimate of drug-likeness (QED) is 0.648. The fourth-order valence-corrected chi connectivity index (χ4v) is 3.28. The van der Waals surface area contributed by atoms with E-state index >= 15 is 0 Å². The van der Waals surface area contributed by atoms with Gasteiger partial charge < -0.3 is 0 Å². The maximum absolute atomic E-state index is 2.41. The lowest BCUT2D eigenvalue weighted by Gasteiger charge is -2.35. The van der Waals surface area contributed by atoms with Crippen LogP contribution in [-0.2, 0) is 0 Å². The van der Waals surface area contributed by atoms with Gasteiger partial charge in [-0.2, -0.15) is 0 Å². The maximum atomic E-state index is 2.41. The van der Waals surface area contributed by atoms with Crippen molar-refractivity contribution in [2.45, 2.75) is 25.2 Å². The molecule has 0 aliphatic heterocycles. The molecule has 2 bridgehead atoms. The number of benzene rings is 1. The first kappa shape index (κ1) is 9.89. The molecule has 3 rings (SSSR count). The highest BCUT2D eigenvalue weighted by molar-refractivity contribution is 5.28. The minimum atomic E-state index is 0.713. The van der Waals surface area contributed by atoms with Crippen molar-refractivity contribution in [1.82, 2.24) is 0 Å². The van der Waals surface area contributed by atoms with Crippen LogP contribution in [0.4, 0.5) is 0 Å². The predicted octanol–water partition coefficient (Wildman–Crippen LogP) is 4.31. The first-order valence-electron chi connectivity index (χ1n) is 6.35. The Balaban J connectivity index is 1.99. The molecule has 3 atom stereocenters. The van der Waals surface area contributed by atoms with Gasteiger partial charge in [0.25, 0.3) is 0 Å². The lowest BCUT2D eigenvalue weighted by atomic mass is 9.69. The van der Waals surface area contributed by atoms with Gasteiger partial charge in [0, 0.05) is 0 Å². The van der Waals surface area contributed by atoms with Crippen LogP contribution in [0.15, 0.2) is 54.6 Å². The highest BCUT2D eigenvalue weighted by Gasteiger charge is 2.32. The molecule has 0 radical (unpaired) electrons. The van der Waals surface area contributed by atoms with E-state index in [1.54, 1.807) is 0 Å². The van der Waals surface area contributed by atoms with Gasteiger partial charge in [-0.15, -0.1) is 0 Å². The minimum Gasteiger partial charge on any atom is -0.0808 e. The van der Waals surface area contributed by atoms with Crippen molar-refractivity contribution in [2.24, 2.45) is 11.8 Å². The van der Waals surface area contributed by atoms with Gasteiger partial charge in [-0.1, -0.05) is 61.1 Å². The first-order valence-corrected chi connectivity index (χ1v) is 6.35. The highest BCUT2D eigenvalue weighted by atomic mass is 14.4. The summed E-state index contributed by atoms with van der Waals surface area (Å²) in [4.78, 5) is 0. The van der Waals surface area contributed by atoms with Crippen molar-refractivity contribution in [3.05, 3.63) is 60.2 Å². The summed E-state index contributed by atoms with van der Waals surface area (Å²) in [6.45, 7) is 0. The molecule has 16 heavy (non-hydrogen) atoms. The van der Waals surface area contributed by atoms with E-state index in [-0.39, 0.29) is 0 Å². The highest BCUT2D eigenvalue weighted by Crippen LogP contribution is 2.44. The molecule has 1 aromatic rings. The third-order valence-electron chi connectivity index (χ3n) is 4.01. The van der Waals surface area contributed by atoms with Gasteiger partial charge in [-0.3, -0.25) is 0 Å². The summed E-state index contributed by atoms with van der Waals surface area (Å²) in [6, 6.07) is 11.0. The molecule has 2 aliphatic carbocycles. The predicted molar refractivity (Wildman–Crippen MR) is 68.3 cm³/mol. The summed E-state index contributed by atoms with van der Waals surface area (Å²) in [7, 11) is 0. The van der Waals surface area contributed by atoms with Gasteiger partial charge >= 0.3 is 0 Å². The van der Waals surface area contributed by atoms with Crippen molar-refractivity contribution in [3.8, 4) is 0 Å². The zero-order chi connectivity index (χ0) is 10.8. The largest absolute Gasteiger partial charge is 0.0808 e. The Kier molecular flexibility index (Phi) is 2.65. The van der Waals surface area contributed by atoms with Crippen LogP contribution in [0.2, 0.25) is 0 Å². The molecule has 0 heterocycles. The molecule has 0 saturated heterocycles. The van der Waals surface area contributed by atoms with E-state index in [9.17, 15) is 0 Å². The van der Waals surface area contributed by atoms with Crippen LogP contribution in [0.5, 0.6) is 0 Å². The molecule has 1 saturated carbocycles. The van der Waals surface area contributed by atoms with Crippen LogP contribution in [0, 0.1) is 11.8 Å². The van der Waals surface area contributed by atoms with Gasteiger partial charge in [0.1, 0.15) is 0 Å². The van der Waals surface area contributed by atoms with Crippen LogP contribution in [0.3, 0.4) is 0 Å². The van der Waals surface area contributed by atoms with Gasteiger partial charge in [0.2, 0.25) is 0 Å². The van der Waals surface area contributed by atoms with Crippen molar-refractivity contribution in [2.75, 3.05) is 0 Å². The van der Waals surface area contributed by atoms with Crippen molar-refractivity contribution < 1.29 is 0 Å². The average molecular weight is 210 g/mol. The number of rotatable bonds is 1. The first-order chi connectivity index (χ1) is 7.95. The Bertz CT molecular complexity index is 379. The molecular formula is C16H18. The van der Waals surface area contributed by atoms with E-state index in [2.05, 4.69) is 54.6 Å². The molecule has 0 spiro atoms. The van der Waals surface area contributed by atoms with E-state index in [0.717, 1.165) is 11.8 Å². The molecule has 0 N–H and O–H groups in total. The fraction of sp³-hybridized carbons (Fsp3) is 0.375. The van der Waals surface area contributed by atoms with E-state index in [1.807, 2.05) is 0 Å². The van der Waals surface area contributed by atoms with Crippen LogP contribution < -0.4 is 0 Å². The average Bonchev–Trinajstić information content (AvgIpc) is 2.46. The summed E-state index contributed by atoms with van der Waals surface area (Å²) in [5.74, 6) is 2.21. The Hall–Kier alpha value is -1.30. The zero-order valence-corrected chi connectivity index (χ0v) is 9.55. The van der Waals surface area contributed by atoms with Crippen molar-refractivity contribution in [3.63, 3.8) is 0 Å². The smallest absolute Gasteiger partial charge is 0.00359 e. The van der Waals surface area contributed by atoms with Crippen LogP contribution >= 0.6 is 0 Å². The molecule has 82 valence electrons. The van der Waals surface area contributed by atoms with Crippen molar-refractivity contribution >= 4 is 0 Å². The molecule has 2 aliphatic rings. The number of allylic oxidation sites excluding steroid dienone is 4. The SMILES string of the molecule is C1=C[C@@H]2CCC[C@H](C=C1)C2c1ccccc1. The van der Waals surface area contributed by atoms with Crippen LogP contribution in [0.1, 0.15) is 30.7 Å². The van der Waals surface area contributed by atoms with Gasteiger partial charge in [-0.25, -0.2) is 0 Å². The lowest BCUT2D eigenvalue weighted by Crippen LogP contribution is -2.23. The topological polar surface area (TPSA) is 0 Å². The van der Waals surface area contributed by atoms with E-state index < -0.39 is 0 Å². The molecule has 0 amide bonds. The zero-order valence-electron chi connectivity index (χ0n) is 9.55. The lowest BCUT2D eigenvalue weighted by molar-refractivity contribution is 0.299. The van der Waals surface area contributed by atoms with E-state index in [0.29, 0.717) is 5.92 Å². The molecule has 0 nitrogen and oxygen atoms in total. The summed E-state index contributed by atoms with van der Waals surface area (Å²) < 4.78 is 0. The standard InChI is InChI=1S/C16H18/c1-2-7-13(8-3-1)16-14-9-4-5-10-15(16)12-6-11-14/h1-5,7-10,14-16H,6,11-12H2/t14-,15+,16?. The second-order valence-electron chi connectivity index (χ2n) is 4.96. The number of fused-ring (bicyclic) bond motifs is 2. The monoisotopic (exact) mass is 210 g/mol. The Morgan fingerprint density at radius 1 is 0.812 bits per heavy atom. The third-order valence-corrected chi connectivity index (χ3v) is 4.01. The summed E-state index contributed by atoms with van der Waals surface area (Å²) >= 11 is 0. The Morgan fingerprint density at radius 3 is 2.06 bits per heavy atom. The van der Waals surface area contributed by atoms with Crippen LogP contribution in [0.25, 0.3) is 0 Å². The molecule has 1 aromatic carbocycles. The van der Waals surface area contributed by atoms with Gasteiger partial charge in [0.15, 0.2) is 0 Å². The van der Waals surface area contributed by atoms with E-state index in [1.165, 1.54) is 24.8 Å². The molecular weight excluding hydrogens is 192 g/mol. The molecule has 0 aromatic heterocycles. The normalized spacial score (nSPS) is 32.4. The molecule has 0 heteroatoms. The fourth-order valence-electron chi connectivity index (χ4n) is 3.28. The minimum absolute atomic E-state index is 0.713. The number of hydrogen-bond donors (Lipinski definition) is 0. The van der Waals surface area contributed by atoms with Crippen molar-refractivity contribution in [1.29, 1.82) is 0 Å². The molecule has 1 fully saturated rings. The number of hydrogen-bond acceptors (Lipinski definition) is 0.